The van der Waals surface area contributed by atoms with E-state index in [9.17, 15) is 9.18 Å². The molecule has 25 heavy (non-hydrogen) atoms. The number of carbonyl (C=O) groups is 1. The Morgan fingerprint density at radius 2 is 2.32 bits per heavy atom. The maximum Gasteiger partial charge on any atom is 0.257 e. The van der Waals surface area contributed by atoms with Gasteiger partial charge in [0.1, 0.15) is 17.1 Å². The van der Waals surface area contributed by atoms with Crippen LogP contribution in [-0.4, -0.2) is 29.6 Å². The Labute approximate surface area is 153 Å². The number of hydrogen-bond donors (Lipinski definition) is 1. The Morgan fingerprint density at radius 3 is 3.04 bits per heavy atom. The number of benzene rings is 1. The third-order valence-electron chi connectivity index (χ3n) is 4.00. The molecule has 1 saturated heterocycles. The molecule has 1 fully saturated rings. The number of carbonyl (C=O) groups excluding carboxylic acids is 1. The predicted octanol–water partition coefficient (Wildman–Crippen LogP) is 4.07. The first kappa shape index (κ1) is 17.8. The molecule has 7 heteroatoms. The third-order valence-corrected chi connectivity index (χ3v) is 4.62. The number of hydrogen-bond acceptors (Lipinski definition) is 4. The second kappa shape index (κ2) is 7.93. The third kappa shape index (κ3) is 4.35. The van der Waals surface area contributed by atoms with Crippen LogP contribution in [0.4, 0.5) is 4.39 Å². The fraction of sp³-hybridized carbons (Fsp3) is 0.333. The SMILES string of the molecule is C[C@@H](NC(=O)c1cccnc1Oc1ccc(F)cc1Br)[C@@H]1CCCO1. The van der Waals surface area contributed by atoms with Crippen LogP contribution in [-0.2, 0) is 4.74 Å². The topological polar surface area (TPSA) is 60.5 Å². The maximum atomic E-state index is 13.2. The lowest BCUT2D eigenvalue weighted by Gasteiger charge is -2.20. The molecule has 3 rings (SSSR count). The van der Waals surface area contributed by atoms with Gasteiger partial charge in [0.25, 0.3) is 5.91 Å². The van der Waals surface area contributed by atoms with E-state index in [1.807, 2.05) is 6.92 Å². The van der Waals surface area contributed by atoms with Crippen LogP contribution in [0.15, 0.2) is 41.0 Å². The van der Waals surface area contributed by atoms with Crippen molar-refractivity contribution in [1.82, 2.24) is 10.3 Å². The number of nitrogens with zero attached hydrogens (tertiary/aromatic N) is 1. The Bertz CT molecular complexity index is 766. The molecular formula is C18H18BrFN2O3. The van der Waals surface area contributed by atoms with Crippen LogP contribution < -0.4 is 10.1 Å². The molecule has 2 aromatic rings. The summed E-state index contributed by atoms with van der Waals surface area (Å²) in [5, 5.41) is 2.93. The van der Waals surface area contributed by atoms with Crippen molar-refractivity contribution < 1.29 is 18.7 Å². The van der Waals surface area contributed by atoms with Crippen molar-refractivity contribution in [3.05, 3.63) is 52.4 Å². The summed E-state index contributed by atoms with van der Waals surface area (Å²) in [6, 6.07) is 7.24. The minimum atomic E-state index is -0.386. The molecule has 1 amide bonds. The van der Waals surface area contributed by atoms with E-state index in [-0.39, 0.29) is 29.8 Å². The molecule has 1 aromatic carbocycles. The summed E-state index contributed by atoms with van der Waals surface area (Å²) < 4.78 is 25.0. The highest BCUT2D eigenvalue weighted by atomic mass is 79.9. The van der Waals surface area contributed by atoms with E-state index < -0.39 is 0 Å². The second-order valence-electron chi connectivity index (χ2n) is 5.85. The van der Waals surface area contributed by atoms with Crippen molar-refractivity contribution in [3.8, 4) is 11.6 Å². The van der Waals surface area contributed by atoms with Gasteiger partial charge < -0.3 is 14.8 Å². The van der Waals surface area contributed by atoms with E-state index in [0.717, 1.165) is 19.4 Å². The highest BCUT2D eigenvalue weighted by molar-refractivity contribution is 9.10. The zero-order valence-corrected chi connectivity index (χ0v) is 15.3. The van der Waals surface area contributed by atoms with Gasteiger partial charge in [-0.25, -0.2) is 9.37 Å². The molecule has 5 nitrogen and oxygen atoms in total. The van der Waals surface area contributed by atoms with Crippen molar-refractivity contribution in [1.29, 1.82) is 0 Å². The van der Waals surface area contributed by atoms with Gasteiger partial charge in [0.05, 0.1) is 16.6 Å². The fourth-order valence-corrected chi connectivity index (χ4v) is 3.11. The summed E-state index contributed by atoms with van der Waals surface area (Å²) in [5.41, 5.74) is 0.309. The van der Waals surface area contributed by atoms with Gasteiger partial charge >= 0.3 is 0 Å². The summed E-state index contributed by atoms with van der Waals surface area (Å²) in [6.45, 7) is 2.64. The van der Waals surface area contributed by atoms with E-state index in [1.54, 1.807) is 12.1 Å². The lowest BCUT2D eigenvalue weighted by atomic mass is 10.1. The van der Waals surface area contributed by atoms with Crippen molar-refractivity contribution in [2.45, 2.75) is 31.9 Å². The molecule has 0 bridgehead atoms. The highest BCUT2D eigenvalue weighted by Gasteiger charge is 2.25. The molecule has 132 valence electrons. The first-order valence-electron chi connectivity index (χ1n) is 8.05. The average Bonchev–Trinajstić information content (AvgIpc) is 3.12. The summed E-state index contributed by atoms with van der Waals surface area (Å²) >= 11 is 3.24. The van der Waals surface area contributed by atoms with Crippen LogP contribution in [0.2, 0.25) is 0 Å². The Kier molecular flexibility index (Phi) is 5.65. The van der Waals surface area contributed by atoms with E-state index >= 15 is 0 Å². The van der Waals surface area contributed by atoms with E-state index in [4.69, 9.17) is 9.47 Å². The van der Waals surface area contributed by atoms with Gasteiger partial charge in [0, 0.05) is 12.8 Å². The van der Waals surface area contributed by atoms with Gasteiger partial charge in [0.2, 0.25) is 5.88 Å². The molecule has 0 aliphatic carbocycles. The minimum Gasteiger partial charge on any atom is -0.437 e. The molecule has 0 saturated carbocycles. The van der Waals surface area contributed by atoms with E-state index in [2.05, 4.69) is 26.2 Å². The van der Waals surface area contributed by atoms with Crippen molar-refractivity contribution in [3.63, 3.8) is 0 Å². The molecule has 1 N–H and O–H groups in total. The van der Waals surface area contributed by atoms with E-state index in [1.165, 1.54) is 24.4 Å². The molecule has 1 aliphatic heterocycles. The largest absolute Gasteiger partial charge is 0.437 e. The number of ether oxygens (including phenoxy) is 2. The quantitative estimate of drug-likeness (QED) is 0.809. The normalized spacial score (nSPS) is 18.0. The second-order valence-corrected chi connectivity index (χ2v) is 6.70. The molecular weight excluding hydrogens is 391 g/mol. The number of aromatic nitrogens is 1. The lowest BCUT2D eigenvalue weighted by Crippen LogP contribution is -2.40. The number of rotatable bonds is 5. The zero-order valence-electron chi connectivity index (χ0n) is 13.7. The van der Waals surface area contributed by atoms with Crippen LogP contribution in [0.3, 0.4) is 0 Å². The standard InChI is InChI=1S/C18H18BrFN2O3/c1-11(15-5-3-9-24-15)22-17(23)13-4-2-8-21-18(13)25-16-7-6-12(20)10-14(16)19/h2,4,6-8,10-11,15H,3,5,9H2,1H3,(H,22,23)/t11-,15+/m1/s1. The van der Waals surface area contributed by atoms with Gasteiger partial charge in [0.15, 0.2) is 0 Å². The summed E-state index contributed by atoms with van der Waals surface area (Å²) in [4.78, 5) is 16.7. The molecule has 1 aromatic heterocycles. The minimum absolute atomic E-state index is 0.0243. The highest BCUT2D eigenvalue weighted by Crippen LogP contribution is 2.30. The number of halogens is 2. The fourth-order valence-electron chi connectivity index (χ4n) is 2.68. The lowest BCUT2D eigenvalue weighted by molar-refractivity contribution is 0.0710. The van der Waals surface area contributed by atoms with Gasteiger partial charge in [-0.3, -0.25) is 4.79 Å². The summed E-state index contributed by atoms with van der Waals surface area (Å²) in [6.07, 6.45) is 3.49. The maximum absolute atomic E-state index is 13.2. The molecule has 2 heterocycles. The van der Waals surface area contributed by atoms with E-state index in [0.29, 0.717) is 15.8 Å². The van der Waals surface area contributed by atoms with Crippen molar-refractivity contribution in [2.24, 2.45) is 0 Å². The van der Waals surface area contributed by atoms with Crippen LogP contribution in [0.5, 0.6) is 11.6 Å². The summed E-state index contributed by atoms with van der Waals surface area (Å²) in [7, 11) is 0. The van der Waals surface area contributed by atoms with Gasteiger partial charge in [-0.1, -0.05) is 0 Å². The van der Waals surface area contributed by atoms with Crippen molar-refractivity contribution >= 4 is 21.8 Å². The Morgan fingerprint density at radius 1 is 1.48 bits per heavy atom. The molecule has 0 spiro atoms. The summed E-state index contributed by atoms with van der Waals surface area (Å²) in [5.74, 6) is -0.138. The smallest absolute Gasteiger partial charge is 0.257 e. The molecule has 2 atom stereocenters. The molecule has 1 aliphatic rings. The van der Waals surface area contributed by atoms with Gasteiger partial charge in [-0.2, -0.15) is 0 Å². The molecule has 0 unspecified atom stereocenters. The number of pyridine rings is 1. The van der Waals surface area contributed by atoms with Crippen LogP contribution in [0.25, 0.3) is 0 Å². The van der Waals surface area contributed by atoms with Gasteiger partial charge in [-0.05, 0) is 66.0 Å². The first-order chi connectivity index (χ1) is 12.0. The number of nitrogens with one attached hydrogen (secondary N) is 1. The first-order valence-corrected chi connectivity index (χ1v) is 8.84. The van der Waals surface area contributed by atoms with Crippen LogP contribution in [0, 0.1) is 5.82 Å². The zero-order chi connectivity index (χ0) is 17.8. The van der Waals surface area contributed by atoms with Crippen LogP contribution >= 0.6 is 15.9 Å². The Hall–Kier alpha value is -1.99. The van der Waals surface area contributed by atoms with Crippen molar-refractivity contribution in [2.75, 3.05) is 6.61 Å². The average molecular weight is 409 g/mol. The van der Waals surface area contributed by atoms with Gasteiger partial charge in [-0.15, -0.1) is 0 Å². The monoisotopic (exact) mass is 408 g/mol. The number of amides is 1. The predicted molar refractivity (Wildman–Crippen MR) is 94.3 cm³/mol. The molecule has 0 radical (unpaired) electrons. The Balaban J connectivity index is 1.76. The van der Waals surface area contributed by atoms with Crippen LogP contribution in [0.1, 0.15) is 30.1 Å².